The molecular weight excluding hydrogens is 196 g/mol. The molecule has 2 unspecified atom stereocenters. The van der Waals surface area contributed by atoms with Gasteiger partial charge >= 0.3 is 0 Å². The van der Waals surface area contributed by atoms with Gasteiger partial charge in [-0.1, -0.05) is 33.6 Å². The summed E-state index contributed by atoms with van der Waals surface area (Å²) in [5.74, 6) is 0. The average molecular weight is 226 g/mol. The Kier molecular flexibility index (Phi) is 6.37. The number of unbranched alkanes of at least 4 members (excludes halogenated alkanes) is 1. The van der Waals surface area contributed by atoms with E-state index in [1.807, 2.05) is 0 Å². The molecule has 1 saturated heterocycles. The zero-order chi connectivity index (χ0) is 12.0. The second kappa shape index (κ2) is 7.29. The molecule has 1 rings (SSSR count). The molecule has 1 aliphatic rings. The van der Waals surface area contributed by atoms with Crippen molar-refractivity contribution in [2.75, 3.05) is 13.1 Å². The van der Waals surface area contributed by atoms with Crippen LogP contribution < -0.4 is 5.32 Å². The van der Waals surface area contributed by atoms with Crippen molar-refractivity contribution in [1.82, 2.24) is 10.2 Å². The number of rotatable bonds is 6. The molecule has 1 fully saturated rings. The molecule has 0 radical (unpaired) electrons. The lowest BCUT2D eigenvalue weighted by atomic mass is 10.0. The van der Waals surface area contributed by atoms with Crippen molar-refractivity contribution in [2.24, 2.45) is 0 Å². The molecule has 0 bridgehead atoms. The van der Waals surface area contributed by atoms with Crippen LogP contribution in [0.4, 0.5) is 0 Å². The number of hydrogen-bond acceptors (Lipinski definition) is 2. The monoisotopic (exact) mass is 226 g/mol. The SMILES string of the molecule is CCCCC(C)N1CCCC(NC(C)C)C1. The lowest BCUT2D eigenvalue weighted by Gasteiger charge is -2.38. The lowest BCUT2D eigenvalue weighted by molar-refractivity contribution is 0.135. The van der Waals surface area contributed by atoms with Crippen molar-refractivity contribution in [3.8, 4) is 0 Å². The first-order valence-electron chi connectivity index (χ1n) is 7.13. The second-order valence-electron chi connectivity index (χ2n) is 5.65. The van der Waals surface area contributed by atoms with Crippen molar-refractivity contribution < 1.29 is 0 Å². The lowest BCUT2D eigenvalue weighted by Crippen LogP contribution is -2.50. The maximum absolute atomic E-state index is 3.68. The average Bonchev–Trinajstić information content (AvgIpc) is 2.25. The summed E-state index contributed by atoms with van der Waals surface area (Å²) in [6.07, 6.45) is 6.78. The van der Waals surface area contributed by atoms with E-state index >= 15 is 0 Å². The molecule has 96 valence electrons. The van der Waals surface area contributed by atoms with Crippen LogP contribution in [0.5, 0.6) is 0 Å². The van der Waals surface area contributed by atoms with Gasteiger partial charge in [0.2, 0.25) is 0 Å². The molecule has 1 N–H and O–H groups in total. The Labute approximate surface area is 102 Å². The summed E-state index contributed by atoms with van der Waals surface area (Å²) in [5.41, 5.74) is 0. The van der Waals surface area contributed by atoms with Gasteiger partial charge in [0.1, 0.15) is 0 Å². The third kappa shape index (κ3) is 4.84. The van der Waals surface area contributed by atoms with Gasteiger partial charge < -0.3 is 5.32 Å². The first-order valence-corrected chi connectivity index (χ1v) is 7.13. The van der Waals surface area contributed by atoms with Crippen LogP contribution in [0.25, 0.3) is 0 Å². The quantitative estimate of drug-likeness (QED) is 0.749. The molecule has 0 aromatic heterocycles. The largest absolute Gasteiger partial charge is 0.311 e. The van der Waals surface area contributed by atoms with Gasteiger partial charge in [0, 0.05) is 24.7 Å². The molecular formula is C14H30N2. The van der Waals surface area contributed by atoms with Crippen molar-refractivity contribution in [3.05, 3.63) is 0 Å². The first kappa shape index (κ1) is 14.0. The molecule has 0 aromatic carbocycles. The fourth-order valence-electron chi connectivity index (χ4n) is 2.70. The van der Waals surface area contributed by atoms with Gasteiger partial charge in [-0.05, 0) is 32.7 Å². The van der Waals surface area contributed by atoms with Crippen LogP contribution in [0, 0.1) is 0 Å². The zero-order valence-corrected chi connectivity index (χ0v) is 11.6. The fraction of sp³-hybridized carbons (Fsp3) is 1.00. The van der Waals surface area contributed by atoms with Crippen LogP contribution in [-0.4, -0.2) is 36.1 Å². The normalized spacial score (nSPS) is 24.9. The molecule has 2 nitrogen and oxygen atoms in total. The molecule has 0 aliphatic carbocycles. The van der Waals surface area contributed by atoms with Crippen molar-refractivity contribution in [1.29, 1.82) is 0 Å². The van der Waals surface area contributed by atoms with E-state index in [-0.39, 0.29) is 0 Å². The van der Waals surface area contributed by atoms with Crippen molar-refractivity contribution in [3.63, 3.8) is 0 Å². The highest BCUT2D eigenvalue weighted by Crippen LogP contribution is 2.16. The van der Waals surface area contributed by atoms with Crippen LogP contribution in [0.1, 0.15) is 59.8 Å². The summed E-state index contributed by atoms with van der Waals surface area (Å²) in [7, 11) is 0. The van der Waals surface area contributed by atoms with Crippen LogP contribution in [-0.2, 0) is 0 Å². The van der Waals surface area contributed by atoms with E-state index in [4.69, 9.17) is 0 Å². The highest BCUT2D eigenvalue weighted by Gasteiger charge is 2.23. The number of hydrogen-bond donors (Lipinski definition) is 1. The maximum Gasteiger partial charge on any atom is 0.0197 e. The number of nitrogens with zero attached hydrogens (tertiary/aromatic N) is 1. The van der Waals surface area contributed by atoms with Gasteiger partial charge in [0.05, 0.1) is 0 Å². The van der Waals surface area contributed by atoms with E-state index < -0.39 is 0 Å². The van der Waals surface area contributed by atoms with Gasteiger partial charge in [-0.2, -0.15) is 0 Å². The third-order valence-electron chi connectivity index (χ3n) is 3.62. The molecule has 1 heterocycles. The Morgan fingerprint density at radius 1 is 1.31 bits per heavy atom. The van der Waals surface area contributed by atoms with Crippen molar-refractivity contribution >= 4 is 0 Å². The van der Waals surface area contributed by atoms with Crippen LogP contribution in [0.3, 0.4) is 0 Å². The summed E-state index contributed by atoms with van der Waals surface area (Å²) in [4.78, 5) is 2.68. The summed E-state index contributed by atoms with van der Waals surface area (Å²) < 4.78 is 0. The Balaban J connectivity index is 2.31. The Morgan fingerprint density at radius 3 is 2.69 bits per heavy atom. The fourth-order valence-corrected chi connectivity index (χ4v) is 2.70. The Hall–Kier alpha value is -0.0800. The van der Waals surface area contributed by atoms with E-state index in [0.717, 1.165) is 12.1 Å². The van der Waals surface area contributed by atoms with Gasteiger partial charge in [-0.3, -0.25) is 4.90 Å². The summed E-state index contributed by atoms with van der Waals surface area (Å²) in [6.45, 7) is 11.7. The Morgan fingerprint density at radius 2 is 2.06 bits per heavy atom. The predicted octanol–water partition coefficient (Wildman–Crippen LogP) is 3.03. The van der Waals surface area contributed by atoms with E-state index in [2.05, 4.69) is 37.9 Å². The van der Waals surface area contributed by atoms with Gasteiger partial charge in [-0.15, -0.1) is 0 Å². The highest BCUT2D eigenvalue weighted by molar-refractivity contribution is 4.82. The molecule has 0 spiro atoms. The van der Waals surface area contributed by atoms with Crippen LogP contribution >= 0.6 is 0 Å². The minimum Gasteiger partial charge on any atom is -0.311 e. The molecule has 2 atom stereocenters. The molecule has 0 saturated carbocycles. The number of likely N-dealkylation sites (tertiary alicyclic amines) is 1. The van der Waals surface area contributed by atoms with E-state index in [1.165, 1.54) is 45.2 Å². The minimum absolute atomic E-state index is 0.621. The third-order valence-corrected chi connectivity index (χ3v) is 3.62. The zero-order valence-electron chi connectivity index (χ0n) is 11.6. The van der Waals surface area contributed by atoms with Gasteiger partial charge in [0.25, 0.3) is 0 Å². The van der Waals surface area contributed by atoms with Crippen LogP contribution in [0.15, 0.2) is 0 Å². The molecule has 0 amide bonds. The second-order valence-corrected chi connectivity index (χ2v) is 5.65. The molecule has 2 heteroatoms. The predicted molar refractivity (Wildman–Crippen MR) is 71.9 cm³/mol. The first-order chi connectivity index (χ1) is 7.63. The summed E-state index contributed by atoms with van der Waals surface area (Å²) >= 11 is 0. The van der Waals surface area contributed by atoms with Gasteiger partial charge in [-0.25, -0.2) is 0 Å². The smallest absolute Gasteiger partial charge is 0.0197 e. The van der Waals surface area contributed by atoms with E-state index in [0.29, 0.717) is 6.04 Å². The summed E-state index contributed by atoms with van der Waals surface area (Å²) in [5, 5.41) is 3.68. The van der Waals surface area contributed by atoms with E-state index in [1.54, 1.807) is 0 Å². The standard InChI is InChI=1S/C14H30N2/c1-5-6-8-13(4)16-10-7-9-14(11-16)15-12(2)3/h12-15H,5-11H2,1-4H3. The minimum atomic E-state index is 0.621. The van der Waals surface area contributed by atoms with Crippen LogP contribution in [0.2, 0.25) is 0 Å². The van der Waals surface area contributed by atoms with E-state index in [9.17, 15) is 0 Å². The van der Waals surface area contributed by atoms with Gasteiger partial charge in [0.15, 0.2) is 0 Å². The maximum atomic E-state index is 3.68. The number of nitrogens with one attached hydrogen (secondary N) is 1. The number of piperidine rings is 1. The molecule has 0 aromatic rings. The molecule has 16 heavy (non-hydrogen) atoms. The van der Waals surface area contributed by atoms with Crippen molar-refractivity contribution in [2.45, 2.75) is 77.9 Å². The molecule has 1 aliphatic heterocycles. The topological polar surface area (TPSA) is 15.3 Å². The summed E-state index contributed by atoms with van der Waals surface area (Å²) in [6, 6.07) is 2.12. The Bertz CT molecular complexity index is 180. The highest BCUT2D eigenvalue weighted by atomic mass is 15.2.